The number of nitrogens with one attached hydrogen (secondary N) is 2. The minimum absolute atomic E-state index is 0.121. The minimum Gasteiger partial charge on any atom is -0.490 e. The van der Waals surface area contributed by atoms with Crippen LogP contribution in [0.4, 0.5) is 21.9 Å². The number of carbonyl (C=O) groups excluding carboxylic acids is 2. The third-order valence-corrected chi connectivity index (χ3v) is 3.86. The van der Waals surface area contributed by atoms with E-state index in [1.54, 1.807) is 36.4 Å². The van der Waals surface area contributed by atoms with E-state index >= 15 is 0 Å². The summed E-state index contributed by atoms with van der Waals surface area (Å²) in [5, 5.41) is 14.4. The molecule has 0 atom stereocenters. The van der Waals surface area contributed by atoms with Gasteiger partial charge in [-0.25, -0.2) is 9.10 Å². The maximum absolute atomic E-state index is 12.3. The van der Waals surface area contributed by atoms with Crippen LogP contribution in [-0.2, 0) is 4.79 Å². The molecule has 0 heterocycles. The van der Waals surface area contributed by atoms with Gasteiger partial charge in [-0.2, -0.15) is 0 Å². The molecule has 26 heavy (non-hydrogen) atoms. The van der Waals surface area contributed by atoms with Crippen LogP contribution in [0.5, 0.6) is 5.75 Å². The van der Waals surface area contributed by atoms with Gasteiger partial charge in [0.25, 0.3) is 0 Å². The fourth-order valence-electron chi connectivity index (χ4n) is 2.03. The van der Waals surface area contributed by atoms with Gasteiger partial charge in [0, 0.05) is 18.3 Å². The van der Waals surface area contributed by atoms with E-state index in [0.717, 1.165) is 4.31 Å². The van der Waals surface area contributed by atoms with Gasteiger partial charge < -0.3 is 20.5 Å². The Morgan fingerprint density at radius 3 is 2.38 bits per heavy atom. The number of hydrogen-bond donors (Lipinski definition) is 4. The summed E-state index contributed by atoms with van der Waals surface area (Å²) in [6, 6.07) is 10.9. The number of amides is 3. The van der Waals surface area contributed by atoms with E-state index in [0.29, 0.717) is 27.8 Å². The number of rotatable bonds is 6. The number of urea groups is 1. The number of anilines is 3. The first-order valence-electron chi connectivity index (χ1n) is 7.61. The van der Waals surface area contributed by atoms with Crippen molar-refractivity contribution in [3.8, 4) is 5.75 Å². The Balaban J connectivity index is 2.02. The summed E-state index contributed by atoms with van der Waals surface area (Å²) in [6.07, 6.45) is 0. The summed E-state index contributed by atoms with van der Waals surface area (Å²) in [4.78, 5) is 23.3. The molecule has 3 amide bonds. The zero-order valence-electron chi connectivity index (χ0n) is 13.9. The second-order valence-corrected chi connectivity index (χ2v) is 5.99. The van der Waals surface area contributed by atoms with Crippen molar-refractivity contribution >= 4 is 53.4 Å². The highest BCUT2D eigenvalue weighted by Gasteiger charge is 2.13. The molecule has 0 fully saturated rings. The zero-order valence-corrected chi connectivity index (χ0v) is 15.6. The Kier molecular flexibility index (Phi) is 7.14. The van der Waals surface area contributed by atoms with Gasteiger partial charge in [0.15, 0.2) is 0 Å². The number of carbonyl (C=O) groups is 2. The van der Waals surface area contributed by atoms with Gasteiger partial charge in [-0.3, -0.25) is 4.79 Å². The van der Waals surface area contributed by atoms with Crippen LogP contribution in [0.25, 0.3) is 0 Å². The monoisotopic (exact) mass is 395 g/mol. The van der Waals surface area contributed by atoms with Gasteiger partial charge in [0.2, 0.25) is 5.91 Å². The predicted molar refractivity (Wildman–Crippen MR) is 105 cm³/mol. The molecule has 2 rings (SSSR count). The normalized spacial score (nSPS) is 10.2. The van der Waals surface area contributed by atoms with E-state index in [2.05, 4.69) is 23.4 Å². The lowest BCUT2D eigenvalue weighted by Gasteiger charge is -2.17. The average molecular weight is 396 g/mol. The van der Waals surface area contributed by atoms with E-state index in [-0.39, 0.29) is 19.1 Å². The van der Waals surface area contributed by atoms with Crippen LogP contribution in [-0.4, -0.2) is 30.3 Å². The topological polar surface area (TPSA) is 90.9 Å². The lowest BCUT2D eigenvalue weighted by Crippen LogP contribution is -2.26. The minimum atomic E-state index is -0.485. The number of thiol groups is 1. The van der Waals surface area contributed by atoms with E-state index in [1.165, 1.54) is 13.0 Å². The maximum atomic E-state index is 12.3. The van der Waals surface area contributed by atoms with Crippen LogP contribution in [0.2, 0.25) is 5.02 Å². The molecule has 0 saturated carbocycles. The molecule has 138 valence electrons. The number of aliphatic hydroxyl groups excluding tert-OH is 1. The van der Waals surface area contributed by atoms with E-state index in [1.807, 2.05) is 0 Å². The Morgan fingerprint density at radius 1 is 1.15 bits per heavy atom. The molecule has 0 aliphatic carbocycles. The first kappa shape index (κ1) is 19.9. The molecule has 0 aliphatic rings. The highest BCUT2D eigenvalue weighted by Crippen LogP contribution is 2.28. The van der Waals surface area contributed by atoms with Gasteiger partial charge in [-0.1, -0.05) is 24.4 Å². The fourth-order valence-corrected chi connectivity index (χ4v) is 2.45. The fraction of sp³-hybridized carbons (Fsp3) is 0.176. The quantitative estimate of drug-likeness (QED) is 0.563. The summed E-state index contributed by atoms with van der Waals surface area (Å²) >= 11 is 10.3. The average Bonchev–Trinajstić information content (AvgIpc) is 2.60. The van der Waals surface area contributed by atoms with Crippen molar-refractivity contribution in [2.75, 3.05) is 28.2 Å². The Hall–Kier alpha value is -2.42. The maximum Gasteiger partial charge on any atom is 0.336 e. The summed E-state index contributed by atoms with van der Waals surface area (Å²) in [5.74, 6) is 0.233. The smallest absolute Gasteiger partial charge is 0.336 e. The number of hydrogen-bond acceptors (Lipinski definition) is 5. The zero-order chi connectivity index (χ0) is 19.1. The lowest BCUT2D eigenvalue weighted by molar-refractivity contribution is -0.114. The number of aliphatic hydroxyl groups is 1. The van der Waals surface area contributed by atoms with Crippen molar-refractivity contribution in [1.82, 2.24) is 0 Å². The number of nitrogens with zero attached hydrogens (tertiary/aromatic N) is 1. The highest BCUT2D eigenvalue weighted by atomic mass is 35.5. The number of halogens is 1. The molecule has 0 bridgehead atoms. The van der Waals surface area contributed by atoms with Crippen molar-refractivity contribution in [2.45, 2.75) is 6.92 Å². The molecule has 0 unspecified atom stereocenters. The summed E-state index contributed by atoms with van der Waals surface area (Å²) in [7, 11) is 0. The molecule has 0 saturated heterocycles. The van der Waals surface area contributed by atoms with Crippen molar-refractivity contribution in [3.63, 3.8) is 0 Å². The van der Waals surface area contributed by atoms with Gasteiger partial charge >= 0.3 is 6.03 Å². The van der Waals surface area contributed by atoms with Crippen LogP contribution in [0.1, 0.15) is 6.92 Å². The van der Waals surface area contributed by atoms with Crippen molar-refractivity contribution in [2.24, 2.45) is 0 Å². The van der Waals surface area contributed by atoms with Crippen LogP contribution < -0.4 is 19.7 Å². The molecule has 9 heteroatoms. The lowest BCUT2D eigenvalue weighted by atomic mass is 10.2. The molecule has 7 nitrogen and oxygen atoms in total. The summed E-state index contributed by atoms with van der Waals surface area (Å²) in [6.45, 7) is 1.42. The molecule has 0 spiro atoms. The molecule has 0 radical (unpaired) electrons. The van der Waals surface area contributed by atoms with Crippen molar-refractivity contribution in [1.29, 1.82) is 0 Å². The summed E-state index contributed by atoms with van der Waals surface area (Å²) in [5.41, 5.74) is 1.60. The van der Waals surface area contributed by atoms with E-state index in [4.69, 9.17) is 21.4 Å². The van der Waals surface area contributed by atoms with Crippen molar-refractivity contribution in [3.05, 3.63) is 47.5 Å². The second kappa shape index (κ2) is 9.33. The van der Waals surface area contributed by atoms with Gasteiger partial charge in [0.05, 0.1) is 17.3 Å². The van der Waals surface area contributed by atoms with Gasteiger partial charge in [-0.15, -0.1) is 0 Å². The third kappa shape index (κ3) is 5.55. The van der Waals surface area contributed by atoms with Gasteiger partial charge in [0.1, 0.15) is 12.4 Å². The Morgan fingerprint density at radius 2 is 1.81 bits per heavy atom. The van der Waals surface area contributed by atoms with Crippen LogP contribution in [0.15, 0.2) is 42.5 Å². The number of ether oxygens (including phenoxy) is 1. The van der Waals surface area contributed by atoms with Crippen molar-refractivity contribution < 1.29 is 19.4 Å². The molecule has 3 N–H and O–H groups in total. The molecule has 0 aromatic heterocycles. The summed E-state index contributed by atoms with van der Waals surface area (Å²) < 4.78 is 6.38. The van der Waals surface area contributed by atoms with Crippen LogP contribution in [0.3, 0.4) is 0 Å². The molecular formula is C17H18ClN3O4S. The first-order chi connectivity index (χ1) is 12.4. The third-order valence-electron chi connectivity index (χ3n) is 3.16. The number of benzene rings is 2. The molecular weight excluding hydrogens is 378 g/mol. The molecule has 2 aromatic rings. The SMILES string of the molecule is CC(=O)Nc1ccc(N(S)C(=O)Nc2ccc(OCCO)c(Cl)c2)cc1. The Labute approximate surface area is 161 Å². The van der Waals surface area contributed by atoms with E-state index < -0.39 is 6.03 Å². The van der Waals surface area contributed by atoms with Crippen LogP contribution >= 0.6 is 24.4 Å². The van der Waals surface area contributed by atoms with Gasteiger partial charge in [-0.05, 0) is 42.5 Å². The molecule has 2 aromatic carbocycles. The second-order valence-electron chi connectivity index (χ2n) is 5.19. The highest BCUT2D eigenvalue weighted by molar-refractivity contribution is 7.82. The van der Waals surface area contributed by atoms with Crippen LogP contribution in [0, 0.1) is 0 Å². The Bertz CT molecular complexity index is 786. The molecule has 0 aliphatic heterocycles. The van der Waals surface area contributed by atoms with E-state index in [9.17, 15) is 9.59 Å². The standard InChI is InChI=1S/C17H18ClN3O4S/c1-11(23)19-12-2-5-14(6-3-12)21(26)17(24)20-13-4-7-16(15(18)10-13)25-9-8-22/h2-7,10,22,26H,8-9H2,1H3,(H,19,23)(H,20,24). The largest absolute Gasteiger partial charge is 0.490 e. The first-order valence-corrected chi connectivity index (χ1v) is 8.39. The predicted octanol–water partition coefficient (Wildman–Crippen LogP) is 3.55.